The van der Waals surface area contributed by atoms with E-state index in [9.17, 15) is 0 Å². The third-order valence-electron chi connectivity index (χ3n) is 4.98. The van der Waals surface area contributed by atoms with E-state index >= 15 is 0 Å². The molecule has 27 heavy (non-hydrogen) atoms. The predicted octanol–water partition coefficient (Wildman–Crippen LogP) is 6.63. The molecule has 3 nitrogen and oxygen atoms in total. The molecule has 2 unspecified atom stereocenters. The summed E-state index contributed by atoms with van der Waals surface area (Å²) in [6.45, 7) is 13.6. The number of hydrogen-bond acceptors (Lipinski definition) is 3. The number of rotatable bonds is 9. The maximum absolute atomic E-state index is 5.45. The number of ether oxygens (including phenoxy) is 1. The van der Waals surface area contributed by atoms with E-state index in [1.165, 1.54) is 16.8 Å². The van der Waals surface area contributed by atoms with E-state index < -0.39 is 0 Å². The van der Waals surface area contributed by atoms with Gasteiger partial charge in [0.05, 0.1) is 12.8 Å². The van der Waals surface area contributed by atoms with Crippen LogP contribution in [0.1, 0.15) is 70.9 Å². The van der Waals surface area contributed by atoms with Gasteiger partial charge in [-0.2, -0.15) is 0 Å². The van der Waals surface area contributed by atoms with Crippen LogP contribution in [-0.4, -0.2) is 19.2 Å². The molecule has 0 fully saturated rings. The van der Waals surface area contributed by atoms with E-state index in [-0.39, 0.29) is 0 Å². The molecule has 0 bridgehead atoms. The minimum Gasteiger partial charge on any atom is -0.495 e. The monoisotopic (exact) mass is 368 g/mol. The van der Waals surface area contributed by atoms with Crippen molar-refractivity contribution in [2.24, 2.45) is 0 Å². The summed E-state index contributed by atoms with van der Waals surface area (Å²) < 4.78 is 5.45. The second-order valence-electron chi connectivity index (χ2n) is 8.15. The summed E-state index contributed by atoms with van der Waals surface area (Å²) >= 11 is 0. The highest BCUT2D eigenvalue weighted by molar-refractivity contribution is 5.61. The van der Waals surface area contributed by atoms with Crippen LogP contribution in [-0.2, 0) is 0 Å². The molecule has 0 aromatic heterocycles. The Hall–Kier alpha value is -2.16. The summed E-state index contributed by atoms with van der Waals surface area (Å²) in [6, 6.07) is 15.5. The summed E-state index contributed by atoms with van der Waals surface area (Å²) in [5.41, 5.74) is 5.17. The number of anilines is 2. The normalized spacial score (nSPS) is 13.5. The molecule has 2 N–H and O–H groups in total. The van der Waals surface area contributed by atoms with Crippen molar-refractivity contribution in [1.82, 2.24) is 0 Å². The SMILES string of the molecule is COc1ccccc1NC(C)CC(C)Nc1c(C(C)C)cccc1C(C)C. The Kier molecular flexibility index (Phi) is 7.58. The van der Waals surface area contributed by atoms with Crippen LogP contribution in [0.15, 0.2) is 42.5 Å². The van der Waals surface area contributed by atoms with Crippen LogP contribution in [0.4, 0.5) is 11.4 Å². The summed E-state index contributed by atoms with van der Waals surface area (Å²) in [6.07, 6.45) is 1.02. The molecule has 0 saturated heterocycles. The van der Waals surface area contributed by atoms with Crippen LogP contribution in [0.2, 0.25) is 0 Å². The fourth-order valence-corrected chi connectivity index (χ4v) is 3.64. The van der Waals surface area contributed by atoms with Crippen LogP contribution >= 0.6 is 0 Å². The summed E-state index contributed by atoms with van der Waals surface area (Å²) in [5.74, 6) is 1.89. The number of para-hydroxylation sites is 3. The Labute approximate surface area is 165 Å². The molecule has 0 saturated carbocycles. The second-order valence-corrected chi connectivity index (χ2v) is 8.15. The van der Waals surface area contributed by atoms with Gasteiger partial charge in [-0.25, -0.2) is 0 Å². The first-order chi connectivity index (χ1) is 12.8. The first-order valence-corrected chi connectivity index (χ1v) is 10.1. The lowest BCUT2D eigenvalue weighted by Gasteiger charge is -2.26. The topological polar surface area (TPSA) is 33.3 Å². The van der Waals surface area contributed by atoms with Crippen LogP contribution in [0.5, 0.6) is 5.75 Å². The molecule has 3 heteroatoms. The molecule has 0 radical (unpaired) electrons. The van der Waals surface area contributed by atoms with Crippen LogP contribution in [0.3, 0.4) is 0 Å². The van der Waals surface area contributed by atoms with Crippen molar-refractivity contribution in [1.29, 1.82) is 0 Å². The van der Waals surface area contributed by atoms with Crippen LogP contribution in [0.25, 0.3) is 0 Å². The van der Waals surface area contributed by atoms with Gasteiger partial charge in [-0.15, -0.1) is 0 Å². The van der Waals surface area contributed by atoms with Gasteiger partial charge in [0.1, 0.15) is 5.75 Å². The van der Waals surface area contributed by atoms with Crippen molar-refractivity contribution in [3.05, 3.63) is 53.6 Å². The molecule has 0 aliphatic heterocycles. The molecule has 2 rings (SSSR count). The maximum atomic E-state index is 5.45. The molecule has 0 heterocycles. The molecule has 148 valence electrons. The Morgan fingerprint density at radius 2 is 1.30 bits per heavy atom. The Morgan fingerprint density at radius 3 is 1.85 bits per heavy atom. The number of benzene rings is 2. The lowest BCUT2D eigenvalue weighted by molar-refractivity contribution is 0.415. The smallest absolute Gasteiger partial charge is 0.141 e. The van der Waals surface area contributed by atoms with Crippen molar-refractivity contribution in [3.63, 3.8) is 0 Å². The van der Waals surface area contributed by atoms with Crippen molar-refractivity contribution < 1.29 is 4.74 Å². The number of methoxy groups -OCH3 is 1. The molecular formula is C24H36N2O. The van der Waals surface area contributed by atoms with E-state index in [4.69, 9.17) is 4.74 Å². The van der Waals surface area contributed by atoms with Crippen molar-refractivity contribution >= 4 is 11.4 Å². The Bertz CT molecular complexity index is 698. The lowest BCUT2D eigenvalue weighted by atomic mass is 9.92. The van der Waals surface area contributed by atoms with Crippen molar-refractivity contribution in [2.45, 2.75) is 71.9 Å². The van der Waals surface area contributed by atoms with Gasteiger partial charge in [-0.1, -0.05) is 58.0 Å². The van der Waals surface area contributed by atoms with Gasteiger partial charge in [0, 0.05) is 17.8 Å². The fraction of sp³-hybridized carbons (Fsp3) is 0.500. The van der Waals surface area contributed by atoms with E-state index in [1.807, 2.05) is 18.2 Å². The van der Waals surface area contributed by atoms with E-state index in [0.29, 0.717) is 23.9 Å². The molecule has 0 spiro atoms. The highest BCUT2D eigenvalue weighted by Gasteiger charge is 2.17. The number of hydrogen-bond donors (Lipinski definition) is 2. The molecule has 0 aliphatic carbocycles. The predicted molar refractivity (Wildman–Crippen MR) is 118 cm³/mol. The van der Waals surface area contributed by atoms with Crippen LogP contribution in [0, 0.1) is 0 Å². The van der Waals surface area contributed by atoms with E-state index in [0.717, 1.165) is 17.9 Å². The quantitative estimate of drug-likeness (QED) is 0.521. The standard InChI is InChI=1S/C24H36N2O/c1-16(2)20-11-10-12-21(17(3)4)24(20)26-19(6)15-18(5)25-22-13-8-9-14-23(22)27-7/h8-14,16-19,25-26H,15H2,1-7H3. The fourth-order valence-electron chi connectivity index (χ4n) is 3.64. The summed E-state index contributed by atoms with van der Waals surface area (Å²) in [7, 11) is 1.71. The maximum Gasteiger partial charge on any atom is 0.141 e. The highest BCUT2D eigenvalue weighted by Crippen LogP contribution is 2.33. The first kappa shape index (κ1) is 21.1. The number of nitrogens with one attached hydrogen (secondary N) is 2. The van der Waals surface area contributed by atoms with Crippen molar-refractivity contribution in [2.75, 3.05) is 17.7 Å². The minimum atomic E-state index is 0.331. The average molecular weight is 369 g/mol. The average Bonchev–Trinajstić information content (AvgIpc) is 2.61. The van der Waals surface area contributed by atoms with E-state index in [1.54, 1.807) is 7.11 Å². The van der Waals surface area contributed by atoms with Gasteiger partial charge in [0.25, 0.3) is 0 Å². The van der Waals surface area contributed by atoms with E-state index in [2.05, 4.69) is 76.4 Å². The lowest BCUT2D eigenvalue weighted by Crippen LogP contribution is -2.27. The van der Waals surface area contributed by atoms with Gasteiger partial charge >= 0.3 is 0 Å². The zero-order valence-corrected chi connectivity index (χ0v) is 18.0. The zero-order chi connectivity index (χ0) is 20.0. The molecule has 2 aromatic carbocycles. The van der Waals surface area contributed by atoms with Crippen molar-refractivity contribution in [3.8, 4) is 5.75 Å². The third-order valence-corrected chi connectivity index (χ3v) is 4.98. The van der Waals surface area contributed by atoms with Gasteiger partial charge in [0.2, 0.25) is 0 Å². The largest absolute Gasteiger partial charge is 0.495 e. The summed E-state index contributed by atoms with van der Waals surface area (Å²) in [4.78, 5) is 0. The Balaban J connectivity index is 2.10. The van der Waals surface area contributed by atoms with Gasteiger partial charge in [-0.05, 0) is 55.4 Å². The molecule has 0 aliphatic rings. The second kappa shape index (κ2) is 9.68. The van der Waals surface area contributed by atoms with Crippen LogP contribution < -0.4 is 15.4 Å². The summed E-state index contributed by atoms with van der Waals surface area (Å²) in [5, 5.41) is 7.40. The zero-order valence-electron chi connectivity index (χ0n) is 18.0. The van der Waals surface area contributed by atoms with Gasteiger partial charge < -0.3 is 15.4 Å². The molecule has 2 atom stereocenters. The minimum absolute atomic E-state index is 0.331. The highest BCUT2D eigenvalue weighted by atomic mass is 16.5. The molecule has 0 amide bonds. The molecular weight excluding hydrogens is 332 g/mol. The van der Waals surface area contributed by atoms with Gasteiger partial charge in [-0.3, -0.25) is 0 Å². The Morgan fingerprint density at radius 1 is 0.741 bits per heavy atom. The third kappa shape index (κ3) is 5.66. The molecule has 2 aromatic rings. The first-order valence-electron chi connectivity index (χ1n) is 10.1. The van der Waals surface area contributed by atoms with Gasteiger partial charge in [0.15, 0.2) is 0 Å².